The number of aryl methyl sites for hydroxylation is 2. The molecule has 4 heteroatoms. The Morgan fingerprint density at radius 3 is 2.65 bits per heavy atom. The van der Waals surface area contributed by atoms with Gasteiger partial charge in [-0.25, -0.2) is 4.39 Å². The second-order valence-electron chi connectivity index (χ2n) is 3.91. The van der Waals surface area contributed by atoms with E-state index in [9.17, 15) is 4.39 Å². The number of hydrogen-bond acceptors (Lipinski definition) is 1. The normalized spacial score (nSPS) is 12.8. The summed E-state index contributed by atoms with van der Waals surface area (Å²) in [5.74, 6) is -0.279. The molecule has 2 rings (SSSR count). The topological polar surface area (TPSA) is 0 Å². The van der Waals surface area contributed by atoms with E-state index >= 15 is 0 Å². The second-order valence-corrected chi connectivity index (χ2v) is 6.43. The molecule has 0 N–H and O–H groups in total. The molecule has 90 valence electrons. The quantitative estimate of drug-likeness (QED) is 0.628. The Morgan fingerprint density at radius 2 is 2.06 bits per heavy atom. The molecule has 0 amide bonds. The van der Waals surface area contributed by atoms with Crippen LogP contribution in [0.4, 0.5) is 4.39 Å². The Labute approximate surface area is 118 Å². The zero-order valence-corrected chi connectivity index (χ0v) is 12.6. The standard InChI is InChI=1S/C13H11BrClFS/c1-7-6-8(2)17-13(7)12(15)9-4-3-5-10(16)11(9)14/h3-6,12H,1-2H3. The minimum Gasteiger partial charge on any atom is -0.206 e. The van der Waals surface area contributed by atoms with Crippen molar-refractivity contribution in [3.8, 4) is 0 Å². The molecule has 1 aromatic carbocycles. The van der Waals surface area contributed by atoms with Crippen molar-refractivity contribution in [2.75, 3.05) is 0 Å². The number of halogens is 3. The third kappa shape index (κ3) is 2.56. The largest absolute Gasteiger partial charge is 0.206 e. The van der Waals surface area contributed by atoms with Gasteiger partial charge < -0.3 is 0 Å². The first-order valence-corrected chi connectivity index (χ1v) is 7.20. The zero-order valence-electron chi connectivity index (χ0n) is 9.43. The molecule has 1 heterocycles. The van der Waals surface area contributed by atoms with E-state index < -0.39 is 0 Å². The number of rotatable bonds is 2. The Hall–Kier alpha value is -0.380. The maximum Gasteiger partial charge on any atom is 0.137 e. The van der Waals surface area contributed by atoms with E-state index in [1.807, 2.05) is 19.9 Å². The van der Waals surface area contributed by atoms with Crippen LogP contribution in [0.15, 0.2) is 28.7 Å². The Kier molecular flexibility index (Phi) is 3.91. The van der Waals surface area contributed by atoms with E-state index in [4.69, 9.17) is 11.6 Å². The van der Waals surface area contributed by atoms with E-state index in [-0.39, 0.29) is 11.2 Å². The van der Waals surface area contributed by atoms with E-state index in [1.165, 1.54) is 10.9 Å². The molecule has 0 saturated carbocycles. The van der Waals surface area contributed by atoms with Crippen LogP contribution in [0.25, 0.3) is 0 Å². The average molecular weight is 334 g/mol. The third-order valence-corrected chi connectivity index (χ3v) is 5.20. The molecule has 0 aliphatic carbocycles. The van der Waals surface area contributed by atoms with Crippen molar-refractivity contribution in [3.63, 3.8) is 0 Å². The van der Waals surface area contributed by atoms with Gasteiger partial charge in [0.15, 0.2) is 0 Å². The maximum absolute atomic E-state index is 13.5. The Bertz CT molecular complexity index is 550. The van der Waals surface area contributed by atoms with Crippen LogP contribution in [0.1, 0.15) is 26.3 Å². The predicted octanol–water partition coefficient (Wildman–Crippen LogP) is 5.59. The van der Waals surface area contributed by atoms with Crippen LogP contribution in [0.3, 0.4) is 0 Å². The molecule has 0 spiro atoms. The van der Waals surface area contributed by atoms with Gasteiger partial charge in [-0.3, -0.25) is 0 Å². The van der Waals surface area contributed by atoms with Gasteiger partial charge >= 0.3 is 0 Å². The molecular formula is C13H11BrClFS. The number of hydrogen-bond donors (Lipinski definition) is 0. The summed E-state index contributed by atoms with van der Waals surface area (Å²) in [6.45, 7) is 4.08. The van der Waals surface area contributed by atoms with Crippen molar-refractivity contribution in [2.45, 2.75) is 19.2 Å². The van der Waals surface area contributed by atoms with Crippen molar-refractivity contribution in [1.29, 1.82) is 0 Å². The average Bonchev–Trinajstić information content (AvgIpc) is 2.61. The van der Waals surface area contributed by atoms with E-state index in [0.29, 0.717) is 4.47 Å². The van der Waals surface area contributed by atoms with Gasteiger partial charge in [-0.05, 0) is 53.0 Å². The van der Waals surface area contributed by atoms with Gasteiger partial charge in [-0.1, -0.05) is 12.1 Å². The van der Waals surface area contributed by atoms with E-state index in [0.717, 1.165) is 16.0 Å². The van der Waals surface area contributed by atoms with Gasteiger partial charge in [0.25, 0.3) is 0 Å². The highest BCUT2D eigenvalue weighted by Crippen LogP contribution is 2.39. The predicted molar refractivity (Wildman–Crippen MR) is 75.6 cm³/mol. The number of benzene rings is 1. The first-order chi connectivity index (χ1) is 8.00. The fourth-order valence-electron chi connectivity index (χ4n) is 1.77. The third-order valence-electron chi connectivity index (χ3n) is 2.56. The molecule has 17 heavy (non-hydrogen) atoms. The second kappa shape index (κ2) is 5.09. The first-order valence-electron chi connectivity index (χ1n) is 5.15. The summed E-state index contributed by atoms with van der Waals surface area (Å²) < 4.78 is 13.9. The number of alkyl halides is 1. The van der Waals surface area contributed by atoms with Gasteiger partial charge in [0.2, 0.25) is 0 Å². The molecule has 1 unspecified atom stereocenters. The molecule has 0 fully saturated rings. The van der Waals surface area contributed by atoms with Crippen LogP contribution in [-0.4, -0.2) is 0 Å². The minimum absolute atomic E-state index is 0.279. The summed E-state index contributed by atoms with van der Waals surface area (Å²) in [4.78, 5) is 2.30. The maximum atomic E-state index is 13.5. The van der Waals surface area contributed by atoms with Crippen LogP contribution in [-0.2, 0) is 0 Å². The highest BCUT2D eigenvalue weighted by atomic mass is 79.9. The zero-order chi connectivity index (χ0) is 12.6. The highest BCUT2D eigenvalue weighted by molar-refractivity contribution is 9.10. The molecule has 0 nitrogen and oxygen atoms in total. The summed E-state index contributed by atoms with van der Waals surface area (Å²) in [5, 5.41) is -0.307. The fraction of sp³-hybridized carbons (Fsp3) is 0.231. The summed E-state index contributed by atoms with van der Waals surface area (Å²) in [5.41, 5.74) is 1.93. The highest BCUT2D eigenvalue weighted by Gasteiger charge is 2.19. The van der Waals surface area contributed by atoms with Crippen LogP contribution >= 0.6 is 38.9 Å². The lowest BCUT2D eigenvalue weighted by Gasteiger charge is -2.11. The molecule has 0 aliphatic heterocycles. The first kappa shape index (κ1) is 13.1. The van der Waals surface area contributed by atoms with Crippen molar-refractivity contribution in [3.05, 3.63) is 55.4 Å². The summed E-state index contributed by atoms with van der Waals surface area (Å²) in [6.07, 6.45) is 0. The summed E-state index contributed by atoms with van der Waals surface area (Å²) in [7, 11) is 0. The van der Waals surface area contributed by atoms with Gasteiger partial charge in [0.1, 0.15) is 5.82 Å². The van der Waals surface area contributed by atoms with Gasteiger partial charge in [-0.15, -0.1) is 22.9 Å². The minimum atomic E-state index is -0.307. The van der Waals surface area contributed by atoms with Gasteiger partial charge in [-0.2, -0.15) is 0 Å². The molecule has 0 aliphatic rings. The summed E-state index contributed by atoms with van der Waals surface area (Å²) >= 11 is 11.4. The van der Waals surface area contributed by atoms with Gasteiger partial charge in [0, 0.05) is 9.75 Å². The number of thiophene rings is 1. The van der Waals surface area contributed by atoms with E-state index in [1.54, 1.807) is 17.4 Å². The van der Waals surface area contributed by atoms with Crippen molar-refractivity contribution >= 4 is 38.9 Å². The fourth-order valence-corrected chi connectivity index (χ4v) is 3.91. The molecular weight excluding hydrogens is 323 g/mol. The molecule has 1 aromatic heterocycles. The Balaban J connectivity index is 2.47. The molecule has 0 saturated heterocycles. The van der Waals surface area contributed by atoms with Crippen molar-refractivity contribution < 1.29 is 4.39 Å². The molecule has 0 radical (unpaired) electrons. The van der Waals surface area contributed by atoms with Crippen LogP contribution < -0.4 is 0 Å². The monoisotopic (exact) mass is 332 g/mol. The van der Waals surface area contributed by atoms with Crippen LogP contribution in [0, 0.1) is 19.7 Å². The lowest BCUT2D eigenvalue weighted by atomic mass is 10.1. The SMILES string of the molecule is Cc1cc(C)c(C(Cl)c2cccc(F)c2Br)s1. The molecule has 0 bridgehead atoms. The Morgan fingerprint density at radius 1 is 1.35 bits per heavy atom. The molecule has 2 aromatic rings. The summed E-state index contributed by atoms with van der Waals surface area (Å²) in [6, 6.07) is 7.05. The van der Waals surface area contributed by atoms with E-state index in [2.05, 4.69) is 22.0 Å². The van der Waals surface area contributed by atoms with Crippen LogP contribution in [0.2, 0.25) is 0 Å². The van der Waals surface area contributed by atoms with Crippen LogP contribution in [0.5, 0.6) is 0 Å². The van der Waals surface area contributed by atoms with Crippen molar-refractivity contribution in [2.24, 2.45) is 0 Å². The van der Waals surface area contributed by atoms with Gasteiger partial charge in [0.05, 0.1) is 9.85 Å². The lowest BCUT2D eigenvalue weighted by molar-refractivity contribution is 0.618. The lowest BCUT2D eigenvalue weighted by Crippen LogP contribution is -1.95. The van der Waals surface area contributed by atoms with Crippen molar-refractivity contribution in [1.82, 2.24) is 0 Å². The smallest absolute Gasteiger partial charge is 0.137 e. The molecule has 1 atom stereocenters.